The SMILES string of the molecule is C1C[NH+]2CCN1CC2.O=C([O-])c1cccc(C(=O)O)n1. The van der Waals surface area contributed by atoms with Crippen molar-refractivity contribution in [2.24, 2.45) is 0 Å². The third kappa shape index (κ3) is 3.75. The van der Waals surface area contributed by atoms with Gasteiger partial charge in [0.1, 0.15) is 5.69 Å². The van der Waals surface area contributed by atoms with Crippen molar-refractivity contribution >= 4 is 11.9 Å². The maximum Gasteiger partial charge on any atom is 0.354 e. The van der Waals surface area contributed by atoms with E-state index >= 15 is 0 Å². The molecule has 3 aliphatic rings. The average Bonchev–Trinajstić information content (AvgIpc) is 2.50. The van der Waals surface area contributed by atoms with Gasteiger partial charge in [-0.15, -0.1) is 0 Å². The molecule has 0 radical (unpaired) electrons. The third-order valence-electron chi connectivity index (χ3n) is 3.52. The maximum absolute atomic E-state index is 10.3. The zero-order valence-corrected chi connectivity index (χ0v) is 11.0. The summed E-state index contributed by atoms with van der Waals surface area (Å²) in [7, 11) is 0. The Hall–Kier alpha value is -1.99. The van der Waals surface area contributed by atoms with Crippen molar-refractivity contribution in [1.29, 1.82) is 0 Å². The van der Waals surface area contributed by atoms with Gasteiger partial charge in [0.2, 0.25) is 0 Å². The Morgan fingerprint density at radius 2 is 1.70 bits per heavy atom. The van der Waals surface area contributed by atoms with Gasteiger partial charge in [-0.3, -0.25) is 4.90 Å². The predicted octanol–water partition coefficient (Wildman–Crippen LogP) is -2.66. The van der Waals surface area contributed by atoms with Gasteiger partial charge in [-0.2, -0.15) is 0 Å². The predicted molar refractivity (Wildman–Crippen MR) is 67.5 cm³/mol. The van der Waals surface area contributed by atoms with E-state index in [1.54, 1.807) is 0 Å². The first-order valence-electron chi connectivity index (χ1n) is 6.54. The van der Waals surface area contributed by atoms with Crippen LogP contribution in [0.4, 0.5) is 0 Å². The summed E-state index contributed by atoms with van der Waals surface area (Å²) in [5.74, 6) is -2.75. The van der Waals surface area contributed by atoms with Crippen LogP contribution in [0.25, 0.3) is 0 Å². The monoisotopic (exact) mass is 279 g/mol. The summed E-state index contributed by atoms with van der Waals surface area (Å²) in [5.41, 5.74) is -0.688. The molecule has 108 valence electrons. The smallest absolute Gasteiger partial charge is 0.354 e. The number of carboxylic acid groups (broad SMARTS) is 2. The number of carboxylic acids is 2. The van der Waals surface area contributed by atoms with Crippen molar-refractivity contribution in [3.63, 3.8) is 0 Å². The Balaban J connectivity index is 0.000000157. The Labute approximate surface area is 116 Å². The first kappa shape index (κ1) is 14.4. The van der Waals surface area contributed by atoms with E-state index in [-0.39, 0.29) is 11.4 Å². The number of nitrogens with zero attached hydrogens (tertiary/aromatic N) is 2. The van der Waals surface area contributed by atoms with Gasteiger partial charge in [-0.25, -0.2) is 9.78 Å². The number of pyridine rings is 1. The van der Waals surface area contributed by atoms with E-state index in [1.807, 2.05) is 4.90 Å². The van der Waals surface area contributed by atoms with Gasteiger partial charge in [-0.05, 0) is 12.1 Å². The number of carbonyl (C=O) groups is 2. The molecular weight excluding hydrogens is 262 g/mol. The third-order valence-corrected chi connectivity index (χ3v) is 3.52. The Morgan fingerprint density at radius 1 is 1.15 bits per heavy atom. The molecule has 0 atom stereocenters. The molecule has 0 spiro atoms. The number of piperazine rings is 3. The molecule has 2 bridgehead atoms. The van der Waals surface area contributed by atoms with Gasteiger partial charge in [0.15, 0.2) is 0 Å². The molecule has 4 heterocycles. The molecule has 0 aliphatic carbocycles. The van der Waals surface area contributed by atoms with Crippen LogP contribution in [0.1, 0.15) is 21.0 Å². The van der Waals surface area contributed by atoms with Gasteiger partial charge in [0.05, 0.1) is 31.3 Å². The van der Waals surface area contributed by atoms with Crippen LogP contribution in [-0.4, -0.2) is 66.2 Å². The molecule has 0 saturated carbocycles. The second-order valence-corrected chi connectivity index (χ2v) is 4.84. The molecule has 3 fully saturated rings. The fourth-order valence-corrected chi connectivity index (χ4v) is 2.33. The highest BCUT2D eigenvalue weighted by atomic mass is 16.4. The van der Waals surface area contributed by atoms with Crippen molar-refractivity contribution < 1.29 is 24.7 Å². The minimum Gasteiger partial charge on any atom is -0.543 e. The number of fused-ring (bicyclic) bond motifs is 3. The highest BCUT2D eigenvalue weighted by molar-refractivity contribution is 5.88. The fourth-order valence-electron chi connectivity index (χ4n) is 2.33. The standard InChI is InChI=1S/C7H5NO4.C6H12N2/c9-6(10)4-2-1-3-5(8-4)7(11)12;1-2-8-5-3-7(1)4-6-8/h1-3H,(H,9,10)(H,11,12);1-6H2. The average molecular weight is 279 g/mol. The first-order chi connectivity index (χ1) is 9.56. The first-order valence-corrected chi connectivity index (χ1v) is 6.54. The second-order valence-electron chi connectivity index (χ2n) is 4.84. The Bertz CT molecular complexity index is 446. The molecule has 3 aliphatic heterocycles. The minimum atomic E-state index is -1.49. The van der Waals surface area contributed by atoms with E-state index in [1.165, 1.54) is 57.5 Å². The molecule has 20 heavy (non-hydrogen) atoms. The van der Waals surface area contributed by atoms with Crippen LogP contribution in [0.2, 0.25) is 0 Å². The molecular formula is C13H17N3O4. The summed E-state index contributed by atoms with van der Waals surface area (Å²) in [6.45, 7) is 8.28. The zero-order chi connectivity index (χ0) is 14.5. The number of carbonyl (C=O) groups excluding carboxylic acids is 1. The van der Waals surface area contributed by atoms with E-state index in [4.69, 9.17) is 5.11 Å². The van der Waals surface area contributed by atoms with E-state index < -0.39 is 11.9 Å². The van der Waals surface area contributed by atoms with Crippen molar-refractivity contribution in [3.8, 4) is 0 Å². The summed E-state index contributed by atoms with van der Waals surface area (Å²) in [4.78, 5) is 28.2. The van der Waals surface area contributed by atoms with Crippen LogP contribution in [0.15, 0.2) is 18.2 Å². The molecule has 7 heteroatoms. The zero-order valence-electron chi connectivity index (χ0n) is 11.0. The van der Waals surface area contributed by atoms with Gasteiger partial charge >= 0.3 is 5.97 Å². The van der Waals surface area contributed by atoms with Crippen molar-refractivity contribution in [2.75, 3.05) is 39.3 Å². The lowest BCUT2D eigenvalue weighted by Crippen LogP contribution is -3.17. The van der Waals surface area contributed by atoms with Crippen LogP contribution < -0.4 is 10.0 Å². The molecule has 1 aromatic heterocycles. The van der Waals surface area contributed by atoms with Crippen molar-refractivity contribution in [1.82, 2.24) is 9.88 Å². The minimum absolute atomic E-state index is 0.309. The van der Waals surface area contributed by atoms with E-state index in [0.29, 0.717) is 0 Å². The van der Waals surface area contributed by atoms with E-state index in [9.17, 15) is 14.7 Å². The Kier molecular flexibility index (Phi) is 4.65. The molecule has 0 amide bonds. The molecule has 2 N–H and O–H groups in total. The summed E-state index contributed by atoms with van der Waals surface area (Å²) in [6.07, 6.45) is 0. The van der Waals surface area contributed by atoms with Crippen LogP contribution in [-0.2, 0) is 0 Å². The van der Waals surface area contributed by atoms with Gasteiger partial charge < -0.3 is 19.9 Å². The van der Waals surface area contributed by atoms with E-state index in [2.05, 4.69) is 9.88 Å². The van der Waals surface area contributed by atoms with Crippen LogP contribution >= 0.6 is 0 Å². The number of hydrogen-bond donors (Lipinski definition) is 2. The number of rotatable bonds is 2. The molecule has 1 aromatic rings. The summed E-state index contributed by atoms with van der Waals surface area (Å²) in [5, 5.41) is 18.6. The van der Waals surface area contributed by atoms with Crippen LogP contribution in [0, 0.1) is 0 Å². The highest BCUT2D eigenvalue weighted by Gasteiger charge is 2.25. The number of hydrogen-bond acceptors (Lipinski definition) is 5. The molecule has 0 unspecified atom stereocenters. The van der Waals surface area contributed by atoms with Gasteiger partial charge in [0, 0.05) is 19.6 Å². The molecule has 0 aromatic carbocycles. The second kappa shape index (κ2) is 6.44. The fraction of sp³-hybridized carbons (Fsp3) is 0.462. The Morgan fingerprint density at radius 3 is 2.05 bits per heavy atom. The number of nitrogens with one attached hydrogen (secondary N) is 1. The molecule has 4 rings (SSSR count). The normalized spacial score (nSPS) is 23.6. The summed E-state index contributed by atoms with van der Waals surface area (Å²) >= 11 is 0. The summed E-state index contributed by atoms with van der Waals surface area (Å²) in [6, 6.07) is 3.66. The summed E-state index contributed by atoms with van der Waals surface area (Å²) < 4.78 is 0. The molecule has 7 nitrogen and oxygen atoms in total. The molecule has 3 saturated heterocycles. The highest BCUT2D eigenvalue weighted by Crippen LogP contribution is 1.97. The lowest BCUT2D eigenvalue weighted by molar-refractivity contribution is -0.914. The largest absolute Gasteiger partial charge is 0.543 e. The van der Waals surface area contributed by atoms with Crippen molar-refractivity contribution in [3.05, 3.63) is 29.6 Å². The lowest BCUT2D eigenvalue weighted by Gasteiger charge is -2.38. The van der Waals surface area contributed by atoms with Crippen LogP contribution in [0.5, 0.6) is 0 Å². The van der Waals surface area contributed by atoms with Gasteiger partial charge in [0.25, 0.3) is 0 Å². The topological polar surface area (TPSA) is 98.0 Å². The van der Waals surface area contributed by atoms with Crippen LogP contribution in [0.3, 0.4) is 0 Å². The number of aromatic nitrogens is 1. The number of quaternary nitrogens is 1. The van der Waals surface area contributed by atoms with Crippen molar-refractivity contribution in [2.45, 2.75) is 0 Å². The van der Waals surface area contributed by atoms with E-state index in [0.717, 1.165) is 0 Å². The number of aromatic carboxylic acids is 2. The maximum atomic E-state index is 10.3. The lowest BCUT2D eigenvalue weighted by atomic mass is 10.2. The quantitative estimate of drug-likeness (QED) is 0.613. The van der Waals surface area contributed by atoms with Gasteiger partial charge in [-0.1, -0.05) is 6.07 Å².